The zero-order chi connectivity index (χ0) is 16.1. The Labute approximate surface area is 133 Å². The van der Waals surface area contributed by atoms with Gasteiger partial charge >= 0.3 is 11.9 Å². The molecule has 2 aromatic rings. The van der Waals surface area contributed by atoms with Crippen molar-refractivity contribution in [3.8, 4) is 5.75 Å². The number of esters is 2. The van der Waals surface area contributed by atoms with Gasteiger partial charge in [0.05, 0.1) is 12.2 Å². The molecule has 118 valence electrons. The van der Waals surface area contributed by atoms with Gasteiger partial charge in [0.25, 0.3) is 0 Å². The molecule has 2 aromatic carbocycles. The summed E-state index contributed by atoms with van der Waals surface area (Å²) in [6.07, 6.45) is -0.389. The molecule has 0 unspecified atom stereocenters. The molecule has 0 N–H and O–H groups in total. The third-order valence-electron chi connectivity index (χ3n) is 3.47. The van der Waals surface area contributed by atoms with Crippen molar-refractivity contribution in [2.75, 3.05) is 6.61 Å². The van der Waals surface area contributed by atoms with Gasteiger partial charge in [0.15, 0.2) is 0 Å². The molecule has 23 heavy (non-hydrogen) atoms. The summed E-state index contributed by atoms with van der Waals surface area (Å²) in [6, 6.07) is 16.4. The van der Waals surface area contributed by atoms with Gasteiger partial charge in [-0.3, -0.25) is 0 Å². The van der Waals surface area contributed by atoms with Crippen LogP contribution in [0.25, 0.3) is 0 Å². The molecule has 5 nitrogen and oxygen atoms in total. The number of rotatable bonds is 5. The molecule has 0 amide bonds. The first-order valence-corrected chi connectivity index (χ1v) is 7.37. The Morgan fingerprint density at radius 2 is 1.83 bits per heavy atom. The molecule has 1 aliphatic heterocycles. The number of cyclic esters (lactones) is 1. The van der Waals surface area contributed by atoms with E-state index in [-0.39, 0.29) is 0 Å². The van der Waals surface area contributed by atoms with Crippen LogP contribution in [0.5, 0.6) is 5.75 Å². The highest BCUT2D eigenvalue weighted by atomic mass is 16.6. The van der Waals surface area contributed by atoms with Crippen LogP contribution < -0.4 is 4.74 Å². The van der Waals surface area contributed by atoms with Crippen molar-refractivity contribution < 1.29 is 23.8 Å². The fraction of sp³-hybridized carbons (Fsp3) is 0.222. The summed E-state index contributed by atoms with van der Waals surface area (Å²) in [5, 5.41) is 0. The Morgan fingerprint density at radius 1 is 1.09 bits per heavy atom. The average Bonchev–Trinajstić information content (AvgIpc) is 2.99. The van der Waals surface area contributed by atoms with Crippen LogP contribution in [0.15, 0.2) is 54.6 Å². The van der Waals surface area contributed by atoms with Gasteiger partial charge in [0, 0.05) is 6.42 Å². The van der Waals surface area contributed by atoms with Crippen LogP contribution in [0.1, 0.15) is 22.3 Å². The quantitative estimate of drug-likeness (QED) is 0.794. The summed E-state index contributed by atoms with van der Waals surface area (Å²) < 4.78 is 15.5. The second kappa shape index (κ2) is 6.96. The summed E-state index contributed by atoms with van der Waals surface area (Å²) in [7, 11) is 0. The number of carbonyl (C=O) groups excluding carboxylic acids is 2. The van der Waals surface area contributed by atoms with Gasteiger partial charge in [0.2, 0.25) is 6.10 Å². The lowest BCUT2D eigenvalue weighted by Gasteiger charge is -2.09. The Bertz CT molecular complexity index is 678. The van der Waals surface area contributed by atoms with Gasteiger partial charge in [-0.05, 0) is 29.8 Å². The van der Waals surface area contributed by atoms with Gasteiger partial charge in [-0.15, -0.1) is 0 Å². The molecule has 1 saturated heterocycles. The van der Waals surface area contributed by atoms with Crippen LogP contribution in [0.4, 0.5) is 0 Å². The van der Waals surface area contributed by atoms with Crippen molar-refractivity contribution >= 4 is 11.9 Å². The van der Waals surface area contributed by atoms with E-state index in [1.54, 1.807) is 24.3 Å². The molecular weight excluding hydrogens is 296 g/mol. The molecule has 5 heteroatoms. The van der Waals surface area contributed by atoms with Crippen LogP contribution in [-0.2, 0) is 20.9 Å². The number of hydrogen-bond acceptors (Lipinski definition) is 5. The van der Waals surface area contributed by atoms with Gasteiger partial charge in [-0.25, -0.2) is 9.59 Å². The predicted molar refractivity (Wildman–Crippen MR) is 82.0 cm³/mol. The first-order valence-electron chi connectivity index (χ1n) is 7.37. The summed E-state index contributed by atoms with van der Waals surface area (Å²) in [5.41, 5.74) is 1.44. The molecule has 0 aromatic heterocycles. The number of hydrogen-bond donors (Lipinski definition) is 0. The zero-order valence-electron chi connectivity index (χ0n) is 12.4. The SMILES string of the molecule is O=C(O[C@@H]1CCOC1=O)c1ccc(OCc2ccccc2)cc1. The third kappa shape index (κ3) is 3.88. The smallest absolute Gasteiger partial charge is 0.347 e. The van der Waals surface area contributed by atoms with Crippen molar-refractivity contribution in [3.05, 3.63) is 65.7 Å². The van der Waals surface area contributed by atoms with Crippen molar-refractivity contribution in [1.29, 1.82) is 0 Å². The zero-order valence-corrected chi connectivity index (χ0v) is 12.4. The lowest BCUT2D eigenvalue weighted by atomic mass is 10.2. The summed E-state index contributed by atoms with van der Waals surface area (Å²) in [5.74, 6) is -0.365. The lowest BCUT2D eigenvalue weighted by Crippen LogP contribution is -2.22. The van der Waals surface area contributed by atoms with Gasteiger partial charge in [-0.2, -0.15) is 0 Å². The lowest BCUT2D eigenvalue weighted by molar-refractivity contribution is -0.145. The van der Waals surface area contributed by atoms with E-state index in [2.05, 4.69) is 0 Å². The normalized spacial score (nSPS) is 16.7. The Morgan fingerprint density at radius 3 is 2.48 bits per heavy atom. The number of benzene rings is 2. The van der Waals surface area contributed by atoms with E-state index in [9.17, 15) is 9.59 Å². The minimum atomic E-state index is -0.795. The highest BCUT2D eigenvalue weighted by molar-refractivity contribution is 5.91. The molecule has 0 radical (unpaired) electrons. The maximum absolute atomic E-state index is 12.0. The molecule has 0 bridgehead atoms. The molecule has 1 fully saturated rings. The van der Waals surface area contributed by atoms with E-state index in [1.807, 2.05) is 30.3 Å². The third-order valence-corrected chi connectivity index (χ3v) is 3.47. The molecule has 1 heterocycles. The Kier molecular flexibility index (Phi) is 4.57. The molecular formula is C18H16O5. The fourth-order valence-corrected chi connectivity index (χ4v) is 2.21. The highest BCUT2D eigenvalue weighted by Crippen LogP contribution is 2.17. The van der Waals surface area contributed by atoms with Crippen molar-refractivity contribution in [1.82, 2.24) is 0 Å². The average molecular weight is 312 g/mol. The van der Waals surface area contributed by atoms with Crippen molar-refractivity contribution in [2.45, 2.75) is 19.1 Å². The fourth-order valence-electron chi connectivity index (χ4n) is 2.21. The standard InChI is InChI=1S/C18H16O5/c19-17(23-16-10-11-21-18(16)20)14-6-8-15(9-7-14)22-12-13-4-2-1-3-5-13/h1-9,16H,10-12H2/t16-/m1/s1. The van der Waals surface area contributed by atoms with E-state index < -0.39 is 18.0 Å². The van der Waals surface area contributed by atoms with Gasteiger partial charge in [-0.1, -0.05) is 30.3 Å². The maximum Gasteiger partial charge on any atom is 0.347 e. The van der Waals surface area contributed by atoms with Crippen molar-refractivity contribution in [2.24, 2.45) is 0 Å². The summed E-state index contributed by atoms with van der Waals surface area (Å²) >= 11 is 0. The number of ether oxygens (including phenoxy) is 3. The van der Waals surface area contributed by atoms with Crippen LogP contribution in [-0.4, -0.2) is 24.6 Å². The molecule has 1 aliphatic rings. The highest BCUT2D eigenvalue weighted by Gasteiger charge is 2.30. The van der Waals surface area contributed by atoms with Gasteiger partial charge < -0.3 is 14.2 Å². The van der Waals surface area contributed by atoms with E-state index in [1.165, 1.54) is 0 Å². The molecule has 0 aliphatic carbocycles. The van der Waals surface area contributed by atoms with E-state index >= 15 is 0 Å². The van der Waals surface area contributed by atoms with Crippen LogP contribution in [0.3, 0.4) is 0 Å². The van der Waals surface area contributed by atoms with Crippen molar-refractivity contribution in [3.63, 3.8) is 0 Å². The first-order chi connectivity index (χ1) is 11.2. The second-order valence-electron chi connectivity index (χ2n) is 5.15. The number of carbonyl (C=O) groups is 2. The summed E-state index contributed by atoms with van der Waals surface area (Å²) in [4.78, 5) is 23.3. The van der Waals surface area contributed by atoms with E-state index in [0.29, 0.717) is 30.9 Å². The molecule has 0 spiro atoms. The second-order valence-corrected chi connectivity index (χ2v) is 5.15. The minimum absolute atomic E-state index is 0.295. The maximum atomic E-state index is 12.0. The van der Waals surface area contributed by atoms with Crippen LogP contribution in [0, 0.1) is 0 Å². The van der Waals surface area contributed by atoms with E-state index in [0.717, 1.165) is 5.56 Å². The first kappa shape index (κ1) is 15.1. The minimum Gasteiger partial charge on any atom is -0.489 e. The molecule has 1 atom stereocenters. The van der Waals surface area contributed by atoms with Crippen LogP contribution >= 0.6 is 0 Å². The summed E-state index contributed by atoms with van der Waals surface area (Å²) in [6.45, 7) is 0.752. The Balaban J connectivity index is 1.56. The Hall–Kier alpha value is -2.82. The van der Waals surface area contributed by atoms with Gasteiger partial charge in [0.1, 0.15) is 12.4 Å². The monoisotopic (exact) mass is 312 g/mol. The molecule has 3 rings (SSSR count). The predicted octanol–water partition coefficient (Wildman–Crippen LogP) is 2.74. The molecule has 0 saturated carbocycles. The topological polar surface area (TPSA) is 61.8 Å². The van der Waals surface area contributed by atoms with E-state index in [4.69, 9.17) is 14.2 Å². The van der Waals surface area contributed by atoms with Crippen LogP contribution in [0.2, 0.25) is 0 Å². The largest absolute Gasteiger partial charge is 0.489 e.